The lowest BCUT2D eigenvalue weighted by molar-refractivity contribution is 0.152. The number of hydrogen-bond acceptors (Lipinski definition) is 3. The summed E-state index contributed by atoms with van der Waals surface area (Å²) in [6.07, 6.45) is 0. The SMILES string of the molecule is CN1CCN(CCNC(C)(C)C)CC1. The third kappa shape index (κ3) is 4.94. The molecule has 0 aromatic carbocycles. The van der Waals surface area contributed by atoms with Gasteiger partial charge >= 0.3 is 0 Å². The Labute approximate surface area is 88.5 Å². The molecular formula is C11H25N3. The second kappa shape index (κ2) is 5.10. The molecule has 1 saturated heterocycles. The van der Waals surface area contributed by atoms with Crippen LogP contribution in [0.1, 0.15) is 20.8 Å². The van der Waals surface area contributed by atoms with Crippen LogP contribution in [0.25, 0.3) is 0 Å². The number of rotatable bonds is 3. The maximum Gasteiger partial charge on any atom is 0.0110 e. The van der Waals surface area contributed by atoms with Gasteiger partial charge in [-0.2, -0.15) is 0 Å². The summed E-state index contributed by atoms with van der Waals surface area (Å²) in [5, 5.41) is 3.53. The van der Waals surface area contributed by atoms with E-state index in [0.717, 1.165) is 6.54 Å². The molecule has 0 atom stereocenters. The smallest absolute Gasteiger partial charge is 0.0110 e. The van der Waals surface area contributed by atoms with Crippen LogP contribution >= 0.6 is 0 Å². The summed E-state index contributed by atoms with van der Waals surface area (Å²) in [6.45, 7) is 13.8. The van der Waals surface area contributed by atoms with Crippen molar-refractivity contribution in [3.05, 3.63) is 0 Å². The maximum atomic E-state index is 3.53. The quantitative estimate of drug-likeness (QED) is 0.719. The number of hydrogen-bond donors (Lipinski definition) is 1. The number of piperazine rings is 1. The fourth-order valence-electron chi connectivity index (χ4n) is 1.66. The van der Waals surface area contributed by atoms with Gasteiger partial charge in [-0.3, -0.25) is 4.90 Å². The van der Waals surface area contributed by atoms with Crippen molar-refractivity contribution in [3.8, 4) is 0 Å². The zero-order valence-corrected chi connectivity index (χ0v) is 10.1. The Morgan fingerprint density at radius 1 is 1.07 bits per heavy atom. The highest BCUT2D eigenvalue weighted by Crippen LogP contribution is 2.00. The molecule has 1 heterocycles. The Morgan fingerprint density at radius 2 is 1.64 bits per heavy atom. The van der Waals surface area contributed by atoms with Crippen molar-refractivity contribution in [1.29, 1.82) is 0 Å². The molecular weight excluding hydrogens is 174 g/mol. The molecule has 0 amide bonds. The predicted molar refractivity (Wildman–Crippen MR) is 61.7 cm³/mol. The average molecular weight is 199 g/mol. The fraction of sp³-hybridized carbons (Fsp3) is 1.00. The van der Waals surface area contributed by atoms with Crippen molar-refractivity contribution >= 4 is 0 Å². The second-order valence-electron chi connectivity index (χ2n) is 5.32. The lowest BCUT2D eigenvalue weighted by atomic mass is 10.1. The van der Waals surface area contributed by atoms with Gasteiger partial charge < -0.3 is 10.2 Å². The summed E-state index contributed by atoms with van der Waals surface area (Å²) in [4.78, 5) is 4.94. The second-order valence-corrected chi connectivity index (χ2v) is 5.32. The molecule has 0 aliphatic carbocycles. The third-order valence-corrected chi connectivity index (χ3v) is 2.68. The molecule has 1 rings (SSSR count). The van der Waals surface area contributed by atoms with E-state index in [4.69, 9.17) is 0 Å². The van der Waals surface area contributed by atoms with Gasteiger partial charge in [-0.05, 0) is 27.8 Å². The zero-order chi connectivity index (χ0) is 10.6. The van der Waals surface area contributed by atoms with E-state index in [1.54, 1.807) is 0 Å². The van der Waals surface area contributed by atoms with Gasteiger partial charge in [-0.15, -0.1) is 0 Å². The Kier molecular flexibility index (Phi) is 4.35. The first-order valence-corrected chi connectivity index (χ1v) is 5.63. The molecule has 1 aliphatic heterocycles. The van der Waals surface area contributed by atoms with Crippen molar-refractivity contribution in [3.63, 3.8) is 0 Å². The molecule has 0 aromatic heterocycles. The van der Waals surface area contributed by atoms with E-state index < -0.39 is 0 Å². The van der Waals surface area contributed by atoms with Crippen molar-refractivity contribution in [2.75, 3.05) is 46.3 Å². The molecule has 0 spiro atoms. The fourth-order valence-corrected chi connectivity index (χ4v) is 1.66. The van der Waals surface area contributed by atoms with Crippen LogP contribution in [-0.2, 0) is 0 Å². The minimum absolute atomic E-state index is 0.257. The van der Waals surface area contributed by atoms with Gasteiger partial charge in [-0.1, -0.05) is 0 Å². The summed E-state index contributed by atoms with van der Waals surface area (Å²) < 4.78 is 0. The Bertz CT molecular complexity index is 154. The van der Waals surface area contributed by atoms with E-state index in [2.05, 4.69) is 42.9 Å². The number of nitrogens with zero attached hydrogens (tertiary/aromatic N) is 2. The van der Waals surface area contributed by atoms with E-state index in [1.165, 1.54) is 32.7 Å². The number of likely N-dealkylation sites (N-methyl/N-ethyl adjacent to an activating group) is 1. The van der Waals surface area contributed by atoms with Crippen LogP contribution in [0, 0.1) is 0 Å². The van der Waals surface area contributed by atoms with Crippen LogP contribution in [0.15, 0.2) is 0 Å². The Morgan fingerprint density at radius 3 is 2.14 bits per heavy atom. The highest BCUT2D eigenvalue weighted by Gasteiger charge is 2.14. The molecule has 1 aliphatic rings. The highest BCUT2D eigenvalue weighted by molar-refractivity contribution is 4.74. The van der Waals surface area contributed by atoms with Gasteiger partial charge in [0.15, 0.2) is 0 Å². The molecule has 1 fully saturated rings. The maximum absolute atomic E-state index is 3.53. The molecule has 84 valence electrons. The normalized spacial score (nSPS) is 21.4. The van der Waals surface area contributed by atoms with Gasteiger partial charge in [0.05, 0.1) is 0 Å². The van der Waals surface area contributed by atoms with E-state index in [0.29, 0.717) is 0 Å². The molecule has 0 unspecified atom stereocenters. The Hall–Kier alpha value is -0.120. The van der Waals surface area contributed by atoms with E-state index in [-0.39, 0.29) is 5.54 Å². The van der Waals surface area contributed by atoms with E-state index in [9.17, 15) is 0 Å². The summed E-state index contributed by atoms with van der Waals surface area (Å²) in [5.41, 5.74) is 0.257. The molecule has 3 nitrogen and oxygen atoms in total. The van der Waals surface area contributed by atoms with Gasteiger partial charge in [0.25, 0.3) is 0 Å². The standard InChI is InChI=1S/C11H25N3/c1-11(2,3)12-5-6-14-9-7-13(4)8-10-14/h12H,5-10H2,1-4H3. The highest BCUT2D eigenvalue weighted by atomic mass is 15.2. The number of nitrogens with one attached hydrogen (secondary N) is 1. The summed E-state index contributed by atoms with van der Waals surface area (Å²) >= 11 is 0. The van der Waals surface area contributed by atoms with E-state index in [1.807, 2.05) is 0 Å². The summed E-state index contributed by atoms with van der Waals surface area (Å²) in [6, 6.07) is 0. The first-order chi connectivity index (χ1) is 6.47. The lowest BCUT2D eigenvalue weighted by Gasteiger charge is -2.33. The van der Waals surface area contributed by atoms with Crippen molar-refractivity contribution in [2.45, 2.75) is 26.3 Å². The lowest BCUT2D eigenvalue weighted by Crippen LogP contribution is -2.48. The van der Waals surface area contributed by atoms with E-state index >= 15 is 0 Å². The molecule has 0 aromatic rings. The Balaban J connectivity index is 2.08. The van der Waals surface area contributed by atoms with Gasteiger partial charge in [0.1, 0.15) is 0 Å². The predicted octanol–water partition coefficient (Wildman–Crippen LogP) is 0.622. The van der Waals surface area contributed by atoms with Gasteiger partial charge in [0, 0.05) is 44.8 Å². The summed E-state index contributed by atoms with van der Waals surface area (Å²) in [5.74, 6) is 0. The van der Waals surface area contributed by atoms with Crippen LogP contribution in [0.5, 0.6) is 0 Å². The first-order valence-electron chi connectivity index (χ1n) is 5.63. The van der Waals surface area contributed by atoms with Crippen LogP contribution < -0.4 is 5.32 Å². The first kappa shape index (κ1) is 12.0. The molecule has 14 heavy (non-hydrogen) atoms. The summed E-state index contributed by atoms with van der Waals surface area (Å²) in [7, 11) is 2.20. The van der Waals surface area contributed by atoms with Crippen LogP contribution in [0.3, 0.4) is 0 Å². The zero-order valence-electron chi connectivity index (χ0n) is 10.1. The molecule has 3 heteroatoms. The largest absolute Gasteiger partial charge is 0.311 e. The van der Waals surface area contributed by atoms with Crippen molar-refractivity contribution < 1.29 is 0 Å². The molecule has 0 radical (unpaired) electrons. The van der Waals surface area contributed by atoms with Gasteiger partial charge in [-0.25, -0.2) is 0 Å². The van der Waals surface area contributed by atoms with Crippen molar-refractivity contribution in [2.24, 2.45) is 0 Å². The van der Waals surface area contributed by atoms with Crippen molar-refractivity contribution in [1.82, 2.24) is 15.1 Å². The minimum atomic E-state index is 0.257. The molecule has 0 bridgehead atoms. The average Bonchev–Trinajstić information content (AvgIpc) is 2.06. The van der Waals surface area contributed by atoms with Crippen LogP contribution in [-0.4, -0.2) is 61.7 Å². The van der Waals surface area contributed by atoms with Crippen LogP contribution in [0.2, 0.25) is 0 Å². The molecule has 0 saturated carbocycles. The minimum Gasteiger partial charge on any atom is -0.311 e. The third-order valence-electron chi connectivity index (χ3n) is 2.68. The monoisotopic (exact) mass is 199 g/mol. The van der Waals surface area contributed by atoms with Gasteiger partial charge in [0.2, 0.25) is 0 Å². The molecule has 1 N–H and O–H groups in total. The topological polar surface area (TPSA) is 18.5 Å². The van der Waals surface area contributed by atoms with Crippen LogP contribution in [0.4, 0.5) is 0 Å².